The number of benzene rings is 1. The fourth-order valence-corrected chi connectivity index (χ4v) is 1.83. The van der Waals surface area contributed by atoms with Gasteiger partial charge in [0.15, 0.2) is 0 Å². The van der Waals surface area contributed by atoms with Crippen molar-refractivity contribution in [1.82, 2.24) is 5.32 Å². The van der Waals surface area contributed by atoms with Gasteiger partial charge in [0.1, 0.15) is 0 Å². The van der Waals surface area contributed by atoms with Gasteiger partial charge in [0.05, 0.1) is 6.04 Å². The van der Waals surface area contributed by atoms with Crippen molar-refractivity contribution >= 4 is 29.9 Å². The van der Waals surface area contributed by atoms with E-state index in [0.717, 1.165) is 12.0 Å². The number of halogens is 1. The molecule has 118 valence electrons. The fraction of sp³-hybridized carbons (Fsp3) is 0.467. The van der Waals surface area contributed by atoms with Crippen molar-refractivity contribution in [2.45, 2.75) is 39.7 Å². The summed E-state index contributed by atoms with van der Waals surface area (Å²) < 4.78 is 0. The van der Waals surface area contributed by atoms with Crippen molar-refractivity contribution in [3.8, 4) is 0 Å². The Morgan fingerprint density at radius 1 is 1.29 bits per heavy atom. The van der Waals surface area contributed by atoms with Gasteiger partial charge in [-0.15, -0.1) is 12.4 Å². The predicted octanol–water partition coefficient (Wildman–Crippen LogP) is 2.23. The quantitative estimate of drug-likeness (QED) is 0.753. The van der Waals surface area contributed by atoms with Crippen LogP contribution in [0.1, 0.15) is 42.6 Å². The molecule has 0 aliphatic heterocycles. The average molecular weight is 314 g/mol. The highest BCUT2D eigenvalue weighted by atomic mass is 35.5. The third-order valence-corrected chi connectivity index (χ3v) is 3.03. The number of carbonyl (C=O) groups excluding carboxylic acids is 2. The van der Waals surface area contributed by atoms with Crippen LogP contribution in [0, 0.1) is 6.92 Å². The maximum Gasteiger partial charge on any atom is 0.251 e. The number of amides is 2. The number of rotatable bonds is 6. The molecule has 0 aromatic heterocycles. The van der Waals surface area contributed by atoms with Crippen LogP contribution in [0.2, 0.25) is 0 Å². The summed E-state index contributed by atoms with van der Waals surface area (Å²) in [6, 6.07) is 4.71. The fourth-order valence-electron chi connectivity index (χ4n) is 1.83. The van der Waals surface area contributed by atoms with Crippen molar-refractivity contribution in [3.05, 3.63) is 29.3 Å². The molecule has 1 aromatic carbocycles. The van der Waals surface area contributed by atoms with Gasteiger partial charge < -0.3 is 16.4 Å². The molecule has 0 bridgehead atoms. The lowest BCUT2D eigenvalue weighted by Gasteiger charge is -2.14. The number of aryl methyl sites for hydroxylation is 1. The Hall–Kier alpha value is -1.59. The first-order valence-electron chi connectivity index (χ1n) is 6.94. The van der Waals surface area contributed by atoms with Crippen molar-refractivity contribution in [1.29, 1.82) is 0 Å². The number of carbonyl (C=O) groups is 2. The van der Waals surface area contributed by atoms with Gasteiger partial charge in [0.2, 0.25) is 5.91 Å². The summed E-state index contributed by atoms with van der Waals surface area (Å²) in [5, 5.41) is 5.52. The highest BCUT2D eigenvalue weighted by Crippen LogP contribution is 2.17. The van der Waals surface area contributed by atoms with E-state index < -0.39 is 6.04 Å². The molecule has 0 aliphatic rings. The molecule has 0 radical (unpaired) electrons. The molecule has 0 fully saturated rings. The highest BCUT2D eigenvalue weighted by molar-refractivity contribution is 5.99. The summed E-state index contributed by atoms with van der Waals surface area (Å²) in [5.74, 6) is -0.371. The third kappa shape index (κ3) is 5.73. The molecule has 1 aromatic rings. The lowest BCUT2D eigenvalue weighted by molar-refractivity contribution is -0.117. The van der Waals surface area contributed by atoms with Crippen molar-refractivity contribution in [3.63, 3.8) is 0 Å². The molecule has 21 heavy (non-hydrogen) atoms. The van der Waals surface area contributed by atoms with Crippen LogP contribution in [0.3, 0.4) is 0 Å². The Morgan fingerprint density at radius 2 is 1.95 bits per heavy atom. The molecule has 6 heteroatoms. The van der Waals surface area contributed by atoms with E-state index in [0.29, 0.717) is 24.2 Å². The van der Waals surface area contributed by atoms with Crippen LogP contribution >= 0.6 is 12.4 Å². The number of nitrogens with one attached hydrogen (secondary N) is 2. The first kappa shape index (κ1) is 19.4. The summed E-state index contributed by atoms with van der Waals surface area (Å²) in [7, 11) is 0. The minimum Gasteiger partial charge on any atom is -0.352 e. The van der Waals surface area contributed by atoms with E-state index in [9.17, 15) is 9.59 Å². The Kier molecular flexibility index (Phi) is 8.66. The average Bonchev–Trinajstić information content (AvgIpc) is 2.41. The van der Waals surface area contributed by atoms with Crippen LogP contribution in [0.5, 0.6) is 0 Å². The number of nitrogens with two attached hydrogens (primary N) is 1. The van der Waals surface area contributed by atoms with E-state index in [-0.39, 0.29) is 24.2 Å². The van der Waals surface area contributed by atoms with E-state index in [1.807, 2.05) is 26.8 Å². The zero-order valence-electron chi connectivity index (χ0n) is 12.7. The molecule has 0 spiro atoms. The molecule has 0 saturated carbocycles. The van der Waals surface area contributed by atoms with E-state index in [1.54, 1.807) is 12.1 Å². The smallest absolute Gasteiger partial charge is 0.251 e. The molecular weight excluding hydrogens is 290 g/mol. The zero-order valence-corrected chi connectivity index (χ0v) is 13.5. The standard InChI is InChI=1S/C15H23N3O2.ClH/c1-4-6-12(16)15(20)18-13-9-11(8-7-10(13)3)14(19)17-5-2;/h7-9,12H,4-6,16H2,1-3H3,(H,17,19)(H,18,20);1H. The summed E-state index contributed by atoms with van der Waals surface area (Å²) in [6.45, 7) is 6.28. The maximum absolute atomic E-state index is 11.9. The lowest BCUT2D eigenvalue weighted by atomic mass is 10.1. The second-order valence-corrected chi connectivity index (χ2v) is 4.77. The van der Waals surface area contributed by atoms with Crippen LogP contribution in [-0.4, -0.2) is 24.4 Å². The van der Waals surface area contributed by atoms with Gasteiger partial charge in [-0.25, -0.2) is 0 Å². The maximum atomic E-state index is 11.9. The second-order valence-electron chi connectivity index (χ2n) is 4.77. The van der Waals surface area contributed by atoms with E-state index in [1.165, 1.54) is 0 Å². The van der Waals surface area contributed by atoms with Gasteiger partial charge in [0.25, 0.3) is 5.91 Å². The van der Waals surface area contributed by atoms with Crippen LogP contribution in [0.15, 0.2) is 18.2 Å². The van der Waals surface area contributed by atoms with Crippen LogP contribution < -0.4 is 16.4 Å². The summed E-state index contributed by atoms with van der Waals surface area (Å²) >= 11 is 0. The minimum atomic E-state index is -0.521. The van der Waals surface area contributed by atoms with Crippen LogP contribution in [-0.2, 0) is 4.79 Å². The monoisotopic (exact) mass is 313 g/mol. The molecular formula is C15H24ClN3O2. The van der Waals surface area contributed by atoms with Crippen molar-refractivity contribution in [2.24, 2.45) is 5.73 Å². The molecule has 0 heterocycles. The topological polar surface area (TPSA) is 84.2 Å². The number of anilines is 1. The molecule has 1 unspecified atom stereocenters. The highest BCUT2D eigenvalue weighted by Gasteiger charge is 2.14. The van der Waals surface area contributed by atoms with Gasteiger partial charge >= 0.3 is 0 Å². The first-order valence-corrected chi connectivity index (χ1v) is 6.94. The molecule has 4 N–H and O–H groups in total. The lowest BCUT2D eigenvalue weighted by Crippen LogP contribution is -2.35. The number of hydrogen-bond acceptors (Lipinski definition) is 3. The van der Waals surface area contributed by atoms with E-state index in [4.69, 9.17) is 5.73 Å². The summed E-state index contributed by atoms with van der Waals surface area (Å²) in [5.41, 5.74) is 7.83. The SMILES string of the molecule is CCCC(N)C(=O)Nc1cc(C(=O)NCC)ccc1C.Cl. The Labute approximate surface area is 132 Å². The second kappa shape index (κ2) is 9.37. The first-order chi connectivity index (χ1) is 9.49. The van der Waals surface area contributed by atoms with Crippen LogP contribution in [0.4, 0.5) is 5.69 Å². The van der Waals surface area contributed by atoms with Crippen LogP contribution in [0.25, 0.3) is 0 Å². The van der Waals surface area contributed by atoms with Gasteiger partial charge in [-0.05, 0) is 38.0 Å². The largest absolute Gasteiger partial charge is 0.352 e. The van der Waals surface area contributed by atoms with Gasteiger partial charge in [-0.1, -0.05) is 19.4 Å². The molecule has 5 nitrogen and oxygen atoms in total. The predicted molar refractivity (Wildman–Crippen MR) is 87.9 cm³/mol. The Bertz CT molecular complexity index is 492. The third-order valence-electron chi connectivity index (χ3n) is 3.03. The Balaban J connectivity index is 0.00000400. The molecule has 0 aliphatic carbocycles. The number of hydrogen-bond donors (Lipinski definition) is 3. The zero-order chi connectivity index (χ0) is 15.1. The molecule has 0 saturated heterocycles. The summed E-state index contributed by atoms with van der Waals surface area (Å²) in [6.07, 6.45) is 1.49. The van der Waals surface area contributed by atoms with Crippen molar-refractivity contribution in [2.75, 3.05) is 11.9 Å². The molecule has 1 atom stereocenters. The molecule has 2 amide bonds. The minimum absolute atomic E-state index is 0. The van der Waals surface area contributed by atoms with Gasteiger partial charge in [-0.3, -0.25) is 9.59 Å². The molecule has 1 rings (SSSR count). The summed E-state index contributed by atoms with van der Waals surface area (Å²) in [4.78, 5) is 23.7. The normalized spacial score (nSPS) is 11.2. The van der Waals surface area contributed by atoms with E-state index >= 15 is 0 Å². The Morgan fingerprint density at radius 3 is 2.52 bits per heavy atom. The van der Waals surface area contributed by atoms with Crippen molar-refractivity contribution < 1.29 is 9.59 Å². The van der Waals surface area contributed by atoms with E-state index in [2.05, 4.69) is 10.6 Å². The van der Waals surface area contributed by atoms with Gasteiger partial charge in [0, 0.05) is 17.8 Å². The van der Waals surface area contributed by atoms with Gasteiger partial charge in [-0.2, -0.15) is 0 Å².